The molecule has 0 aromatic rings. The largest absolute Gasteiger partial charge is 0.325 e. The van der Waals surface area contributed by atoms with E-state index in [2.05, 4.69) is 41.1 Å². The third-order valence-electron chi connectivity index (χ3n) is 1.51. The van der Waals surface area contributed by atoms with E-state index in [1.807, 2.05) is 20.8 Å². The number of hydrogen-bond acceptors (Lipinski definition) is 1. The number of amides is 1. The Hall–Kier alpha value is -0.580. The average molecular weight is 305 g/mol. The molecule has 0 atom stereocenters. The van der Waals surface area contributed by atoms with Crippen molar-refractivity contribution in [2.24, 2.45) is 5.41 Å². The van der Waals surface area contributed by atoms with Crippen molar-refractivity contribution in [1.29, 1.82) is 0 Å². The summed E-state index contributed by atoms with van der Waals surface area (Å²) in [5.41, 5.74) is 0.312. The number of carbonyl (C=O) groups is 1. The molecule has 1 amide bonds. The predicted octanol–water partition coefficient (Wildman–Crippen LogP) is 3.17. The van der Waals surface area contributed by atoms with Crippen LogP contribution in [-0.2, 0) is 4.79 Å². The Balaban J connectivity index is 4.64. The summed E-state index contributed by atoms with van der Waals surface area (Å²) in [6.45, 7) is 12.9. The summed E-state index contributed by atoms with van der Waals surface area (Å²) < 4.78 is 0.792. The van der Waals surface area contributed by atoms with Gasteiger partial charge in [-0.05, 0) is 28.7 Å². The van der Waals surface area contributed by atoms with Crippen LogP contribution in [0.1, 0.15) is 20.8 Å². The SMILES string of the molecule is C=C/C=C(/NC(=O)C(C)(C)C)C(=C)I. The minimum atomic E-state index is -0.396. The van der Waals surface area contributed by atoms with Gasteiger partial charge < -0.3 is 5.32 Å². The highest BCUT2D eigenvalue weighted by molar-refractivity contribution is 14.1. The van der Waals surface area contributed by atoms with Gasteiger partial charge in [-0.2, -0.15) is 0 Å². The molecular formula is C11H16INO. The van der Waals surface area contributed by atoms with Gasteiger partial charge in [-0.25, -0.2) is 0 Å². The van der Waals surface area contributed by atoms with Crippen LogP contribution < -0.4 is 5.32 Å². The van der Waals surface area contributed by atoms with Crippen LogP contribution in [0.15, 0.2) is 34.6 Å². The smallest absolute Gasteiger partial charge is 0.229 e. The lowest BCUT2D eigenvalue weighted by Gasteiger charge is -2.18. The molecule has 0 aliphatic rings. The maximum atomic E-state index is 11.6. The molecule has 2 nitrogen and oxygen atoms in total. The average Bonchev–Trinajstić information content (AvgIpc) is 2.01. The van der Waals surface area contributed by atoms with Crippen LogP contribution in [0, 0.1) is 5.41 Å². The molecule has 0 fully saturated rings. The summed E-state index contributed by atoms with van der Waals surface area (Å²) in [6, 6.07) is 0. The molecule has 78 valence electrons. The second kappa shape index (κ2) is 5.34. The summed E-state index contributed by atoms with van der Waals surface area (Å²) >= 11 is 2.06. The first-order valence-electron chi connectivity index (χ1n) is 4.28. The van der Waals surface area contributed by atoms with Crippen molar-refractivity contribution in [2.45, 2.75) is 20.8 Å². The second-order valence-corrected chi connectivity index (χ2v) is 5.23. The molecule has 0 saturated heterocycles. The monoisotopic (exact) mass is 305 g/mol. The fourth-order valence-electron chi connectivity index (χ4n) is 0.628. The van der Waals surface area contributed by atoms with Crippen molar-refractivity contribution in [2.75, 3.05) is 0 Å². The highest BCUT2D eigenvalue weighted by Crippen LogP contribution is 2.17. The van der Waals surface area contributed by atoms with Gasteiger partial charge in [-0.1, -0.05) is 40.0 Å². The van der Waals surface area contributed by atoms with E-state index < -0.39 is 5.41 Å². The number of carbonyl (C=O) groups excluding carboxylic acids is 1. The standard InChI is InChI=1S/C11H16INO/c1-6-7-9(8(2)12)13-10(14)11(3,4)5/h6-7H,1-2H2,3-5H3,(H,13,14)/b9-7+. The van der Waals surface area contributed by atoms with Gasteiger partial charge in [0.25, 0.3) is 0 Å². The lowest BCUT2D eigenvalue weighted by Crippen LogP contribution is -2.34. The summed E-state index contributed by atoms with van der Waals surface area (Å²) in [7, 11) is 0. The number of nitrogens with one attached hydrogen (secondary N) is 1. The molecule has 0 spiro atoms. The van der Waals surface area contributed by atoms with Gasteiger partial charge >= 0.3 is 0 Å². The Morgan fingerprint density at radius 3 is 2.21 bits per heavy atom. The zero-order valence-electron chi connectivity index (χ0n) is 8.86. The van der Waals surface area contributed by atoms with Gasteiger partial charge in [0.15, 0.2) is 0 Å². The lowest BCUT2D eigenvalue weighted by atomic mass is 9.95. The Morgan fingerprint density at radius 2 is 1.93 bits per heavy atom. The number of halogens is 1. The highest BCUT2D eigenvalue weighted by atomic mass is 127. The van der Waals surface area contributed by atoms with E-state index in [0.29, 0.717) is 5.70 Å². The van der Waals surface area contributed by atoms with E-state index in [1.165, 1.54) is 0 Å². The fourth-order valence-corrected chi connectivity index (χ4v) is 0.942. The molecule has 0 aliphatic carbocycles. The summed E-state index contributed by atoms with van der Waals surface area (Å²) in [6.07, 6.45) is 3.36. The third kappa shape index (κ3) is 4.60. The lowest BCUT2D eigenvalue weighted by molar-refractivity contribution is -0.127. The zero-order valence-corrected chi connectivity index (χ0v) is 11.0. The van der Waals surface area contributed by atoms with Crippen LogP contribution in [0.25, 0.3) is 0 Å². The van der Waals surface area contributed by atoms with E-state index in [-0.39, 0.29) is 5.91 Å². The van der Waals surface area contributed by atoms with Crippen LogP contribution in [-0.4, -0.2) is 5.91 Å². The van der Waals surface area contributed by atoms with Gasteiger partial charge in [0, 0.05) is 8.99 Å². The maximum absolute atomic E-state index is 11.6. The molecule has 0 aliphatic heterocycles. The topological polar surface area (TPSA) is 29.1 Å². The molecule has 0 saturated carbocycles. The van der Waals surface area contributed by atoms with Crippen molar-refractivity contribution < 1.29 is 4.79 Å². The minimum Gasteiger partial charge on any atom is -0.325 e. The number of rotatable bonds is 3. The Bertz CT molecular complexity index is 284. The van der Waals surface area contributed by atoms with Crippen molar-refractivity contribution >= 4 is 28.5 Å². The molecule has 0 bridgehead atoms. The van der Waals surface area contributed by atoms with E-state index >= 15 is 0 Å². The predicted molar refractivity (Wildman–Crippen MR) is 69.0 cm³/mol. The van der Waals surface area contributed by atoms with E-state index in [1.54, 1.807) is 12.2 Å². The minimum absolute atomic E-state index is 0.0246. The Morgan fingerprint density at radius 1 is 1.43 bits per heavy atom. The first-order valence-corrected chi connectivity index (χ1v) is 5.36. The van der Waals surface area contributed by atoms with Gasteiger partial charge in [-0.15, -0.1) is 0 Å². The van der Waals surface area contributed by atoms with Crippen molar-refractivity contribution in [1.82, 2.24) is 5.32 Å². The van der Waals surface area contributed by atoms with Crippen LogP contribution in [0.5, 0.6) is 0 Å². The quantitative estimate of drug-likeness (QED) is 0.630. The Labute approximate surface area is 99.3 Å². The molecule has 1 N–H and O–H groups in total. The van der Waals surface area contributed by atoms with Gasteiger partial charge in [0.05, 0.1) is 5.70 Å². The van der Waals surface area contributed by atoms with Crippen LogP contribution in [0.2, 0.25) is 0 Å². The zero-order chi connectivity index (χ0) is 11.4. The first kappa shape index (κ1) is 13.4. The third-order valence-corrected chi connectivity index (χ3v) is 2.09. The molecule has 14 heavy (non-hydrogen) atoms. The number of hydrogen-bond donors (Lipinski definition) is 1. The van der Waals surface area contributed by atoms with E-state index in [9.17, 15) is 4.79 Å². The molecule has 0 aromatic heterocycles. The molecule has 3 heteroatoms. The number of allylic oxidation sites excluding steroid dienone is 3. The molecule has 0 rings (SSSR count). The Kier molecular flexibility index (Phi) is 5.12. The molecule has 0 aromatic carbocycles. The van der Waals surface area contributed by atoms with Crippen LogP contribution in [0.3, 0.4) is 0 Å². The van der Waals surface area contributed by atoms with Gasteiger partial charge in [-0.3, -0.25) is 4.79 Å². The van der Waals surface area contributed by atoms with Crippen molar-refractivity contribution in [3.05, 3.63) is 34.6 Å². The van der Waals surface area contributed by atoms with Gasteiger partial charge in [0.2, 0.25) is 5.91 Å². The first-order chi connectivity index (χ1) is 6.29. The van der Waals surface area contributed by atoms with E-state index in [0.717, 1.165) is 3.58 Å². The molecular weight excluding hydrogens is 289 g/mol. The highest BCUT2D eigenvalue weighted by Gasteiger charge is 2.21. The maximum Gasteiger partial charge on any atom is 0.229 e. The second-order valence-electron chi connectivity index (χ2n) is 3.93. The normalized spacial score (nSPS) is 12.1. The van der Waals surface area contributed by atoms with Crippen molar-refractivity contribution in [3.63, 3.8) is 0 Å². The summed E-state index contributed by atoms with van der Waals surface area (Å²) in [5, 5.41) is 2.80. The molecule has 0 radical (unpaired) electrons. The summed E-state index contributed by atoms with van der Waals surface area (Å²) in [5.74, 6) is -0.0246. The van der Waals surface area contributed by atoms with E-state index in [4.69, 9.17) is 0 Å². The molecule has 0 unspecified atom stereocenters. The van der Waals surface area contributed by atoms with Crippen LogP contribution in [0.4, 0.5) is 0 Å². The fraction of sp³-hybridized carbons (Fsp3) is 0.364. The van der Waals surface area contributed by atoms with Crippen LogP contribution >= 0.6 is 22.6 Å². The summed E-state index contributed by atoms with van der Waals surface area (Å²) in [4.78, 5) is 11.6. The van der Waals surface area contributed by atoms with Crippen molar-refractivity contribution in [3.8, 4) is 0 Å². The van der Waals surface area contributed by atoms with Gasteiger partial charge in [0.1, 0.15) is 0 Å². The molecule has 0 heterocycles.